The standard InChI is InChI=1S/C21H23N3O4.ClH/c1-26-18-7-12-4-5-24(11-13(12)6-17(18)25)21-9-15(22)14-8-19(27-2)20(28-3)10-16(14)23-21;/h6-10,25H,4-5,11H2,1-3H3,(H2,22,23);1H. The summed E-state index contributed by atoms with van der Waals surface area (Å²) in [6.07, 6.45) is 0.831. The predicted molar refractivity (Wildman–Crippen MR) is 116 cm³/mol. The first-order chi connectivity index (χ1) is 13.5. The maximum Gasteiger partial charge on any atom is 0.162 e. The van der Waals surface area contributed by atoms with E-state index in [0.29, 0.717) is 29.5 Å². The lowest BCUT2D eigenvalue weighted by atomic mass is 9.98. The van der Waals surface area contributed by atoms with Crippen molar-refractivity contribution in [2.24, 2.45) is 0 Å². The SMILES string of the molecule is COc1cc2c(cc1O)CN(c1cc(N)c3cc(OC)c(OC)cc3n1)CC2.Cl. The van der Waals surface area contributed by atoms with Gasteiger partial charge in [0.25, 0.3) is 0 Å². The fourth-order valence-electron chi connectivity index (χ4n) is 3.66. The van der Waals surface area contributed by atoms with E-state index in [1.165, 1.54) is 5.56 Å². The molecule has 0 bridgehead atoms. The zero-order chi connectivity index (χ0) is 19.8. The number of hydrogen-bond acceptors (Lipinski definition) is 7. The van der Waals surface area contributed by atoms with Crippen LogP contribution in [0.1, 0.15) is 11.1 Å². The van der Waals surface area contributed by atoms with E-state index < -0.39 is 0 Å². The minimum absolute atomic E-state index is 0. The Labute approximate surface area is 175 Å². The number of rotatable bonds is 4. The number of nitrogens with two attached hydrogens (primary N) is 1. The van der Waals surface area contributed by atoms with E-state index in [1.54, 1.807) is 27.4 Å². The van der Waals surface area contributed by atoms with Crippen LogP contribution in [0.2, 0.25) is 0 Å². The zero-order valence-corrected chi connectivity index (χ0v) is 17.4. The highest BCUT2D eigenvalue weighted by Crippen LogP contribution is 2.37. The normalized spacial score (nSPS) is 12.9. The summed E-state index contributed by atoms with van der Waals surface area (Å²) in [6, 6.07) is 9.22. The lowest BCUT2D eigenvalue weighted by Gasteiger charge is -2.30. The molecule has 4 rings (SSSR count). The molecule has 0 unspecified atom stereocenters. The summed E-state index contributed by atoms with van der Waals surface area (Å²) in [5.41, 5.74) is 9.92. The predicted octanol–water partition coefficient (Wildman–Crippen LogP) is 3.53. The van der Waals surface area contributed by atoms with Crippen LogP contribution < -0.4 is 24.8 Å². The van der Waals surface area contributed by atoms with Crippen molar-refractivity contribution in [1.29, 1.82) is 0 Å². The molecule has 3 N–H and O–H groups in total. The average molecular weight is 418 g/mol. The van der Waals surface area contributed by atoms with Crippen molar-refractivity contribution in [2.75, 3.05) is 38.5 Å². The average Bonchev–Trinajstić information content (AvgIpc) is 2.71. The number of aromatic hydroxyl groups is 1. The molecular weight excluding hydrogens is 394 g/mol. The molecule has 0 aliphatic carbocycles. The van der Waals surface area contributed by atoms with Gasteiger partial charge in [0, 0.05) is 36.3 Å². The molecule has 0 saturated carbocycles. The van der Waals surface area contributed by atoms with Crippen molar-refractivity contribution in [1.82, 2.24) is 4.98 Å². The molecule has 1 aliphatic rings. The molecule has 0 saturated heterocycles. The van der Waals surface area contributed by atoms with Crippen LogP contribution in [0.5, 0.6) is 23.0 Å². The summed E-state index contributed by atoms with van der Waals surface area (Å²) in [4.78, 5) is 6.95. The van der Waals surface area contributed by atoms with Gasteiger partial charge in [-0.2, -0.15) is 0 Å². The summed E-state index contributed by atoms with van der Waals surface area (Å²) in [5.74, 6) is 2.66. The van der Waals surface area contributed by atoms with Crippen LogP contribution in [0.3, 0.4) is 0 Å². The smallest absolute Gasteiger partial charge is 0.162 e. The van der Waals surface area contributed by atoms with Gasteiger partial charge in [-0.05, 0) is 35.7 Å². The van der Waals surface area contributed by atoms with Gasteiger partial charge in [-0.25, -0.2) is 4.98 Å². The number of phenols is 1. The van der Waals surface area contributed by atoms with Gasteiger partial charge in [0.15, 0.2) is 23.0 Å². The number of nitrogen functional groups attached to an aromatic ring is 1. The van der Waals surface area contributed by atoms with Gasteiger partial charge in [-0.1, -0.05) is 0 Å². The Kier molecular flexibility index (Phi) is 5.79. The molecule has 1 aliphatic heterocycles. The largest absolute Gasteiger partial charge is 0.504 e. The van der Waals surface area contributed by atoms with Crippen LogP contribution in [0.4, 0.5) is 11.5 Å². The molecule has 1 aromatic heterocycles. The molecule has 7 nitrogen and oxygen atoms in total. The second-order valence-electron chi connectivity index (χ2n) is 6.76. The molecule has 0 fully saturated rings. The molecule has 29 heavy (non-hydrogen) atoms. The molecule has 3 aromatic rings. The van der Waals surface area contributed by atoms with Gasteiger partial charge in [0.2, 0.25) is 0 Å². The Morgan fingerprint density at radius 3 is 2.31 bits per heavy atom. The van der Waals surface area contributed by atoms with Crippen molar-refractivity contribution < 1.29 is 19.3 Å². The third-order valence-electron chi connectivity index (χ3n) is 5.17. The number of pyridine rings is 1. The van der Waals surface area contributed by atoms with Crippen molar-refractivity contribution in [3.63, 3.8) is 0 Å². The molecule has 0 atom stereocenters. The van der Waals surface area contributed by atoms with E-state index >= 15 is 0 Å². The van der Waals surface area contributed by atoms with Gasteiger partial charge >= 0.3 is 0 Å². The number of hydrogen-bond donors (Lipinski definition) is 2. The fourth-order valence-corrected chi connectivity index (χ4v) is 3.66. The maximum absolute atomic E-state index is 10.1. The summed E-state index contributed by atoms with van der Waals surface area (Å²) in [6.45, 7) is 1.43. The summed E-state index contributed by atoms with van der Waals surface area (Å²) in [5, 5.41) is 10.9. The first kappa shape index (κ1) is 20.7. The van der Waals surface area contributed by atoms with Gasteiger partial charge in [-0.3, -0.25) is 0 Å². The number of halogens is 1. The number of phenolic OH excluding ortho intramolecular Hbond substituents is 1. The van der Waals surface area contributed by atoms with Gasteiger partial charge in [0.05, 0.1) is 26.8 Å². The highest BCUT2D eigenvalue weighted by molar-refractivity contribution is 5.94. The zero-order valence-electron chi connectivity index (χ0n) is 16.6. The maximum atomic E-state index is 10.1. The Hall–Kier alpha value is -3.06. The van der Waals surface area contributed by atoms with Crippen LogP contribution in [0, 0.1) is 0 Å². The van der Waals surface area contributed by atoms with Gasteiger partial charge in [0.1, 0.15) is 5.82 Å². The van der Waals surface area contributed by atoms with Crippen molar-refractivity contribution >= 4 is 34.8 Å². The summed E-state index contributed by atoms with van der Waals surface area (Å²) in [7, 11) is 4.75. The van der Waals surface area contributed by atoms with E-state index in [2.05, 4.69) is 4.90 Å². The molecule has 2 heterocycles. The Balaban J connectivity index is 0.00000240. The highest BCUT2D eigenvalue weighted by Gasteiger charge is 2.21. The van der Waals surface area contributed by atoms with Crippen molar-refractivity contribution in [3.05, 3.63) is 41.5 Å². The van der Waals surface area contributed by atoms with Crippen LogP contribution in [-0.4, -0.2) is 38.0 Å². The minimum Gasteiger partial charge on any atom is -0.504 e. The lowest BCUT2D eigenvalue weighted by molar-refractivity contribution is 0.356. The Morgan fingerprint density at radius 2 is 1.62 bits per heavy atom. The van der Waals surface area contributed by atoms with Crippen LogP contribution >= 0.6 is 12.4 Å². The number of ether oxygens (including phenoxy) is 3. The molecule has 0 amide bonds. The molecule has 8 heteroatoms. The number of methoxy groups -OCH3 is 3. The van der Waals surface area contributed by atoms with E-state index in [-0.39, 0.29) is 18.2 Å². The van der Waals surface area contributed by atoms with E-state index in [9.17, 15) is 5.11 Å². The first-order valence-electron chi connectivity index (χ1n) is 9.00. The number of aromatic nitrogens is 1. The van der Waals surface area contributed by atoms with E-state index in [0.717, 1.165) is 35.2 Å². The molecule has 154 valence electrons. The molecule has 2 aromatic carbocycles. The van der Waals surface area contributed by atoms with E-state index in [4.69, 9.17) is 24.9 Å². The van der Waals surface area contributed by atoms with Crippen LogP contribution in [0.25, 0.3) is 10.9 Å². The number of fused-ring (bicyclic) bond motifs is 2. The van der Waals surface area contributed by atoms with E-state index in [1.807, 2.05) is 24.3 Å². The third kappa shape index (κ3) is 3.65. The van der Waals surface area contributed by atoms with Gasteiger partial charge in [-0.15, -0.1) is 12.4 Å². The number of benzene rings is 2. The van der Waals surface area contributed by atoms with Crippen molar-refractivity contribution in [3.8, 4) is 23.0 Å². The molecular formula is C21H24ClN3O4. The molecule has 0 radical (unpaired) electrons. The molecule has 0 spiro atoms. The van der Waals surface area contributed by atoms with Crippen LogP contribution in [0.15, 0.2) is 30.3 Å². The summed E-state index contributed by atoms with van der Waals surface area (Å²) >= 11 is 0. The number of nitrogens with zero attached hydrogens (tertiary/aromatic N) is 2. The fraction of sp³-hybridized carbons (Fsp3) is 0.286. The highest BCUT2D eigenvalue weighted by atomic mass is 35.5. The minimum atomic E-state index is 0. The third-order valence-corrected chi connectivity index (χ3v) is 5.17. The quantitative estimate of drug-likeness (QED) is 0.671. The second kappa shape index (κ2) is 8.13. The topological polar surface area (TPSA) is 90.1 Å². The van der Waals surface area contributed by atoms with Gasteiger partial charge < -0.3 is 30.0 Å². The Morgan fingerprint density at radius 1 is 0.931 bits per heavy atom. The Bertz CT molecular complexity index is 1060. The van der Waals surface area contributed by atoms with Crippen LogP contribution in [-0.2, 0) is 13.0 Å². The summed E-state index contributed by atoms with van der Waals surface area (Å²) < 4.78 is 16.0. The monoisotopic (exact) mass is 417 g/mol. The van der Waals surface area contributed by atoms with Crippen molar-refractivity contribution in [2.45, 2.75) is 13.0 Å². The lowest BCUT2D eigenvalue weighted by Crippen LogP contribution is -2.31. The first-order valence-corrected chi connectivity index (χ1v) is 9.00. The second-order valence-corrected chi connectivity index (χ2v) is 6.76. The number of anilines is 2.